The van der Waals surface area contributed by atoms with Gasteiger partial charge in [0.25, 0.3) is 0 Å². The molecule has 2 atom stereocenters. The summed E-state index contributed by atoms with van der Waals surface area (Å²) in [6, 6.07) is 6.73. The number of ether oxygens (including phenoxy) is 1. The van der Waals surface area contributed by atoms with Crippen molar-refractivity contribution in [3.63, 3.8) is 0 Å². The lowest BCUT2D eigenvalue weighted by atomic mass is 10.0. The van der Waals surface area contributed by atoms with Gasteiger partial charge in [-0.3, -0.25) is 9.59 Å². The van der Waals surface area contributed by atoms with Crippen LogP contribution in [0.1, 0.15) is 32.4 Å². The monoisotopic (exact) mass is 495 g/mol. The molecule has 0 aliphatic carbocycles. The van der Waals surface area contributed by atoms with Gasteiger partial charge in [-0.05, 0) is 55.2 Å². The van der Waals surface area contributed by atoms with Gasteiger partial charge in [-0.15, -0.1) is 0 Å². The van der Waals surface area contributed by atoms with E-state index in [1.165, 1.54) is 11.2 Å². The topological polar surface area (TPSA) is 118 Å². The third-order valence-electron chi connectivity index (χ3n) is 5.53. The van der Waals surface area contributed by atoms with Gasteiger partial charge in [-0.25, -0.2) is 17.5 Å². The lowest BCUT2D eigenvalue weighted by Crippen LogP contribution is -2.54. The minimum atomic E-state index is -4.06. The number of carbonyl (C=O) groups excluding carboxylic acids is 2. The van der Waals surface area contributed by atoms with Gasteiger partial charge < -0.3 is 19.4 Å². The number of carbonyl (C=O) groups is 2. The zero-order valence-electron chi connectivity index (χ0n) is 19.2. The van der Waals surface area contributed by atoms with Crippen molar-refractivity contribution in [3.8, 4) is 0 Å². The first-order valence-electron chi connectivity index (χ1n) is 11.1. The van der Waals surface area contributed by atoms with E-state index in [-0.39, 0.29) is 29.4 Å². The van der Waals surface area contributed by atoms with Crippen LogP contribution in [-0.2, 0) is 30.9 Å². The minimum absolute atomic E-state index is 0.0136. The number of furan rings is 1. The fraction of sp³-hybridized carbons (Fsp3) is 0.478. The molecule has 2 heterocycles. The SMILES string of the molecule is CC(C)[C@@H](C(=O)NC[C@@H]1CCCO1)N(Cc1ccco1)C(=O)CNS(=O)(=O)c1ccc(F)cc1. The molecule has 2 amide bonds. The Balaban J connectivity index is 1.75. The van der Waals surface area contributed by atoms with Crippen molar-refractivity contribution in [1.82, 2.24) is 14.9 Å². The highest BCUT2D eigenvalue weighted by Crippen LogP contribution is 2.18. The number of nitrogens with zero attached hydrogens (tertiary/aromatic N) is 1. The maximum absolute atomic E-state index is 13.2. The number of nitrogens with one attached hydrogen (secondary N) is 2. The Hall–Kier alpha value is -2.76. The fourth-order valence-electron chi connectivity index (χ4n) is 3.80. The zero-order chi connectivity index (χ0) is 24.7. The Bertz CT molecular complexity index is 1050. The first-order chi connectivity index (χ1) is 16.2. The van der Waals surface area contributed by atoms with Gasteiger partial charge in [0, 0.05) is 13.2 Å². The minimum Gasteiger partial charge on any atom is -0.467 e. The number of amides is 2. The van der Waals surface area contributed by atoms with E-state index in [1.807, 2.05) is 0 Å². The number of sulfonamides is 1. The first-order valence-corrected chi connectivity index (χ1v) is 12.6. The zero-order valence-corrected chi connectivity index (χ0v) is 20.0. The molecule has 0 radical (unpaired) electrons. The van der Waals surface area contributed by atoms with E-state index >= 15 is 0 Å². The smallest absolute Gasteiger partial charge is 0.243 e. The number of hydrogen-bond acceptors (Lipinski definition) is 6. The summed E-state index contributed by atoms with van der Waals surface area (Å²) < 4.78 is 51.4. The van der Waals surface area contributed by atoms with Crippen LogP contribution >= 0.6 is 0 Å². The van der Waals surface area contributed by atoms with E-state index in [9.17, 15) is 22.4 Å². The summed E-state index contributed by atoms with van der Waals surface area (Å²) in [5.41, 5.74) is 0. The summed E-state index contributed by atoms with van der Waals surface area (Å²) in [7, 11) is -4.06. The highest BCUT2D eigenvalue weighted by Gasteiger charge is 2.34. The number of halogens is 1. The average Bonchev–Trinajstić information content (AvgIpc) is 3.50. The van der Waals surface area contributed by atoms with Crippen LogP contribution in [0, 0.1) is 11.7 Å². The predicted molar refractivity (Wildman–Crippen MR) is 121 cm³/mol. The van der Waals surface area contributed by atoms with Gasteiger partial charge in [0.1, 0.15) is 17.6 Å². The first kappa shape index (κ1) is 25.9. The van der Waals surface area contributed by atoms with Crippen LogP contribution in [0.3, 0.4) is 0 Å². The van der Waals surface area contributed by atoms with Gasteiger partial charge in [0.2, 0.25) is 21.8 Å². The Labute approximate surface area is 198 Å². The van der Waals surface area contributed by atoms with Gasteiger partial charge in [-0.2, -0.15) is 0 Å². The molecule has 2 aromatic rings. The van der Waals surface area contributed by atoms with Crippen molar-refractivity contribution in [3.05, 3.63) is 54.2 Å². The Kier molecular flexibility index (Phi) is 8.81. The standard InChI is InChI=1S/C23H30FN3O6S/c1-16(2)22(23(29)25-13-18-5-3-11-32-18)27(15-19-6-4-12-33-19)21(28)14-26-34(30,31)20-9-7-17(24)8-10-20/h4,6-10,12,16,18,22,26H,3,5,11,13-15H2,1-2H3,(H,25,29)/t18-,22-/m0/s1. The quantitative estimate of drug-likeness (QED) is 0.493. The molecule has 0 spiro atoms. The van der Waals surface area contributed by atoms with Crippen molar-refractivity contribution in [1.29, 1.82) is 0 Å². The molecule has 1 saturated heterocycles. The lowest BCUT2D eigenvalue weighted by Gasteiger charge is -2.33. The molecule has 3 rings (SSSR count). The van der Waals surface area contributed by atoms with Gasteiger partial charge >= 0.3 is 0 Å². The molecule has 2 N–H and O–H groups in total. The molecular formula is C23H30FN3O6S. The number of benzene rings is 1. The molecule has 1 fully saturated rings. The summed E-state index contributed by atoms with van der Waals surface area (Å²) >= 11 is 0. The van der Waals surface area contributed by atoms with Crippen LogP contribution in [-0.4, -0.2) is 57.0 Å². The van der Waals surface area contributed by atoms with Crippen molar-refractivity contribution in [2.45, 2.75) is 50.3 Å². The van der Waals surface area contributed by atoms with Crippen LogP contribution in [0.2, 0.25) is 0 Å². The summed E-state index contributed by atoms with van der Waals surface area (Å²) in [5.74, 6) is -1.35. The molecule has 1 aliphatic rings. The molecule has 1 aliphatic heterocycles. The summed E-state index contributed by atoms with van der Waals surface area (Å²) in [5, 5.41) is 2.86. The second-order valence-corrected chi connectivity index (χ2v) is 10.2. The molecule has 0 unspecified atom stereocenters. The van der Waals surface area contributed by atoms with Crippen LogP contribution < -0.4 is 10.0 Å². The maximum atomic E-state index is 13.2. The maximum Gasteiger partial charge on any atom is 0.243 e. The molecule has 1 aromatic heterocycles. The van der Waals surface area contributed by atoms with Gasteiger partial charge in [0.05, 0.1) is 30.4 Å². The summed E-state index contributed by atoms with van der Waals surface area (Å²) in [6.07, 6.45) is 3.18. The third kappa shape index (κ3) is 6.87. The third-order valence-corrected chi connectivity index (χ3v) is 6.94. The number of rotatable bonds is 11. The van der Waals surface area contributed by atoms with E-state index in [2.05, 4.69) is 10.0 Å². The molecule has 186 valence electrons. The van der Waals surface area contributed by atoms with Crippen LogP contribution in [0.5, 0.6) is 0 Å². The summed E-state index contributed by atoms with van der Waals surface area (Å²) in [4.78, 5) is 27.4. The van der Waals surface area contributed by atoms with Gasteiger partial charge in [0.15, 0.2) is 0 Å². The van der Waals surface area contributed by atoms with Crippen molar-refractivity contribution >= 4 is 21.8 Å². The highest BCUT2D eigenvalue weighted by atomic mass is 32.2. The molecule has 9 nitrogen and oxygen atoms in total. The van der Waals surface area contributed by atoms with E-state index in [0.717, 1.165) is 37.1 Å². The van der Waals surface area contributed by atoms with Crippen molar-refractivity contribution in [2.75, 3.05) is 19.7 Å². The molecule has 11 heteroatoms. The van der Waals surface area contributed by atoms with E-state index < -0.39 is 34.3 Å². The molecule has 0 bridgehead atoms. The van der Waals surface area contributed by atoms with E-state index in [4.69, 9.17) is 9.15 Å². The summed E-state index contributed by atoms with van der Waals surface area (Å²) in [6.45, 7) is 4.01. The largest absolute Gasteiger partial charge is 0.467 e. The molecular weight excluding hydrogens is 465 g/mol. The fourth-order valence-corrected chi connectivity index (χ4v) is 4.77. The predicted octanol–water partition coefficient (Wildman–Crippen LogP) is 2.05. The van der Waals surface area contributed by atoms with Gasteiger partial charge in [-0.1, -0.05) is 13.8 Å². The lowest BCUT2D eigenvalue weighted by molar-refractivity contribution is -0.142. The van der Waals surface area contributed by atoms with Crippen LogP contribution in [0.4, 0.5) is 4.39 Å². The second-order valence-electron chi connectivity index (χ2n) is 8.45. The van der Waals surface area contributed by atoms with Crippen molar-refractivity contribution in [2.24, 2.45) is 5.92 Å². The van der Waals surface area contributed by atoms with E-state index in [1.54, 1.807) is 26.0 Å². The van der Waals surface area contributed by atoms with Crippen LogP contribution in [0.15, 0.2) is 52.0 Å². The van der Waals surface area contributed by atoms with Crippen molar-refractivity contribution < 1.29 is 31.6 Å². The number of hydrogen-bond donors (Lipinski definition) is 2. The molecule has 1 aromatic carbocycles. The Morgan fingerprint density at radius 3 is 2.53 bits per heavy atom. The Morgan fingerprint density at radius 2 is 1.94 bits per heavy atom. The average molecular weight is 496 g/mol. The van der Waals surface area contributed by atoms with Crippen LogP contribution in [0.25, 0.3) is 0 Å². The molecule has 0 saturated carbocycles. The van der Waals surface area contributed by atoms with E-state index in [0.29, 0.717) is 18.9 Å². The highest BCUT2D eigenvalue weighted by molar-refractivity contribution is 7.89. The Morgan fingerprint density at radius 1 is 1.21 bits per heavy atom. The normalized spacial score (nSPS) is 17.0. The second kappa shape index (κ2) is 11.6. The molecule has 34 heavy (non-hydrogen) atoms.